The standard InChI is InChI=1S/C20H12N2O2/c23-19-14-7-1-2-8-15(14)20(24)22(19)17-11-5-9-13-12-6-3-4-10-16(12)21-18(13)17/h1-11,21H. The Labute approximate surface area is 137 Å². The van der Waals surface area contributed by atoms with E-state index in [1.54, 1.807) is 30.3 Å². The van der Waals surface area contributed by atoms with Crippen molar-refractivity contribution in [2.45, 2.75) is 0 Å². The Balaban J connectivity index is 1.79. The molecule has 114 valence electrons. The molecule has 24 heavy (non-hydrogen) atoms. The van der Waals surface area contributed by atoms with Gasteiger partial charge >= 0.3 is 0 Å². The number of anilines is 1. The van der Waals surface area contributed by atoms with Crippen molar-refractivity contribution < 1.29 is 9.59 Å². The molecule has 4 aromatic rings. The van der Waals surface area contributed by atoms with Gasteiger partial charge in [-0.05, 0) is 24.3 Å². The molecule has 0 atom stereocenters. The van der Waals surface area contributed by atoms with Crippen LogP contribution in [-0.4, -0.2) is 16.8 Å². The lowest BCUT2D eigenvalue weighted by molar-refractivity contribution is 0.0926. The van der Waals surface area contributed by atoms with Gasteiger partial charge in [-0.1, -0.05) is 42.5 Å². The van der Waals surface area contributed by atoms with Gasteiger partial charge in [0, 0.05) is 16.3 Å². The number of carbonyl (C=O) groups is 2. The van der Waals surface area contributed by atoms with Crippen molar-refractivity contribution >= 4 is 39.3 Å². The van der Waals surface area contributed by atoms with E-state index >= 15 is 0 Å². The van der Waals surface area contributed by atoms with Crippen LogP contribution in [0.25, 0.3) is 21.8 Å². The molecule has 1 aliphatic heterocycles. The third-order valence-electron chi connectivity index (χ3n) is 4.55. The Morgan fingerprint density at radius 1 is 0.667 bits per heavy atom. The molecule has 1 aromatic heterocycles. The molecule has 0 saturated carbocycles. The zero-order chi connectivity index (χ0) is 16.3. The average Bonchev–Trinajstić information content (AvgIpc) is 3.12. The van der Waals surface area contributed by atoms with Crippen molar-refractivity contribution in [3.05, 3.63) is 77.9 Å². The van der Waals surface area contributed by atoms with Gasteiger partial charge in [-0.25, -0.2) is 4.90 Å². The predicted molar refractivity (Wildman–Crippen MR) is 93.4 cm³/mol. The number of rotatable bonds is 1. The normalized spacial score (nSPS) is 13.9. The number of aromatic nitrogens is 1. The molecule has 1 aliphatic rings. The van der Waals surface area contributed by atoms with Crippen LogP contribution in [0, 0.1) is 0 Å². The van der Waals surface area contributed by atoms with Crippen LogP contribution < -0.4 is 4.90 Å². The summed E-state index contributed by atoms with van der Waals surface area (Å²) in [5, 5.41) is 2.07. The highest BCUT2D eigenvalue weighted by Crippen LogP contribution is 2.36. The molecule has 5 rings (SSSR count). The van der Waals surface area contributed by atoms with Crippen LogP contribution in [-0.2, 0) is 0 Å². The first-order valence-electron chi connectivity index (χ1n) is 7.73. The maximum absolute atomic E-state index is 12.8. The molecule has 0 fully saturated rings. The molecule has 2 amide bonds. The topological polar surface area (TPSA) is 53.2 Å². The Kier molecular flexibility index (Phi) is 2.48. The van der Waals surface area contributed by atoms with E-state index in [-0.39, 0.29) is 11.8 Å². The van der Waals surface area contributed by atoms with Gasteiger partial charge in [0.25, 0.3) is 11.8 Å². The smallest absolute Gasteiger partial charge is 0.266 e. The van der Waals surface area contributed by atoms with Gasteiger partial charge in [-0.15, -0.1) is 0 Å². The summed E-state index contributed by atoms with van der Waals surface area (Å²) in [5.41, 5.74) is 3.28. The van der Waals surface area contributed by atoms with Crippen LogP contribution in [0.5, 0.6) is 0 Å². The van der Waals surface area contributed by atoms with Crippen molar-refractivity contribution in [1.82, 2.24) is 4.98 Å². The van der Waals surface area contributed by atoms with Gasteiger partial charge in [0.15, 0.2) is 0 Å². The second-order valence-electron chi connectivity index (χ2n) is 5.86. The highest BCUT2D eigenvalue weighted by Gasteiger charge is 2.37. The van der Waals surface area contributed by atoms with Gasteiger partial charge in [-0.2, -0.15) is 0 Å². The van der Waals surface area contributed by atoms with E-state index in [0.29, 0.717) is 16.8 Å². The minimum Gasteiger partial charge on any atom is -0.353 e. The number of benzene rings is 3. The number of H-pyrrole nitrogens is 1. The van der Waals surface area contributed by atoms with E-state index in [4.69, 9.17) is 0 Å². The monoisotopic (exact) mass is 312 g/mol. The number of hydrogen-bond donors (Lipinski definition) is 1. The maximum Gasteiger partial charge on any atom is 0.266 e. The molecule has 4 heteroatoms. The van der Waals surface area contributed by atoms with Crippen LogP contribution in [0.2, 0.25) is 0 Å². The van der Waals surface area contributed by atoms with E-state index < -0.39 is 0 Å². The van der Waals surface area contributed by atoms with Gasteiger partial charge in [0.2, 0.25) is 0 Å². The first-order valence-corrected chi connectivity index (χ1v) is 7.73. The maximum atomic E-state index is 12.8. The summed E-state index contributed by atoms with van der Waals surface area (Å²) in [5.74, 6) is -0.552. The lowest BCUT2D eigenvalue weighted by Gasteiger charge is -2.14. The number of fused-ring (bicyclic) bond motifs is 4. The fraction of sp³-hybridized carbons (Fsp3) is 0. The lowest BCUT2D eigenvalue weighted by atomic mass is 10.1. The number of amides is 2. The van der Waals surface area contributed by atoms with Crippen LogP contribution in [0.1, 0.15) is 20.7 Å². The molecule has 0 bridgehead atoms. The fourth-order valence-electron chi connectivity index (χ4n) is 3.45. The highest BCUT2D eigenvalue weighted by molar-refractivity contribution is 6.36. The van der Waals surface area contributed by atoms with E-state index in [2.05, 4.69) is 4.98 Å². The number of aromatic amines is 1. The molecule has 3 aromatic carbocycles. The largest absolute Gasteiger partial charge is 0.353 e. The zero-order valence-corrected chi connectivity index (χ0v) is 12.6. The van der Waals surface area contributed by atoms with Crippen LogP contribution in [0.3, 0.4) is 0 Å². The highest BCUT2D eigenvalue weighted by atomic mass is 16.2. The molecule has 0 radical (unpaired) electrons. The Bertz CT molecular complexity index is 1120. The summed E-state index contributed by atoms with van der Waals surface area (Å²) in [6.07, 6.45) is 0. The zero-order valence-electron chi connectivity index (χ0n) is 12.6. The number of nitrogens with zero attached hydrogens (tertiary/aromatic N) is 1. The molecule has 0 saturated heterocycles. The summed E-state index contributed by atoms with van der Waals surface area (Å²) < 4.78 is 0. The third kappa shape index (κ3) is 1.57. The first-order chi connectivity index (χ1) is 11.8. The molecule has 4 nitrogen and oxygen atoms in total. The number of carbonyl (C=O) groups excluding carboxylic acids is 2. The van der Waals surface area contributed by atoms with Crippen molar-refractivity contribution in [3.63, 3.8) is 0 Å². The van der Waals surface area contributed by atoms with Gasteiger partial charge < -0.3 is 4.98 Å². The molecule has 0 spiro atoms. The summed E-state index contributed by atoms with van der Waals surface area (Å²) >= 11 is 0. The summed E-state index contributed by atoms with van der Waals surface area (Å²) in [4.78, 5) is 30.1. The summed E-state index contributed by atoms with van der Waals surface area (Å²) in [7, 11) is 0. The molecular weight excluding hydrogens is 300 g/mol. The number of imide groups is 1. The van der Waals surface area contributed by atoms with Crippen molar-refractivity contribution in [1.29, 1.82) is 0 Å². The van der Waals surface area contributed by atoms with Crippen molar-refractivity contribution in [3.8, 4) is 0 Å². The molecule has 0 unspecified atom stereocenters. The number of para-hydroxylation sites is 2. The molecule has 2 heterocycles. The van der Waals surface area contributed by atoms with Crippen LogP contribution in [0.15, 0.2) is 66.7 Å². The summed E-state index contributed by atoms with van der Waals surface area (Å²) in [6.45, 7) is 0. The minimum atomic E-state index is -0.276. The van der Waals surface area contributed by atoms with Crippen LogP contribution in [0.4, 0.5) is 5.69 Å². The fourth-order valence-corrected chi connectivity index (χ4v) is 3.45. The average molecular weight is 312 g/mol. The first kappa shape index (κ1) is 13.1. The Hall–Kier alpha value is -3.40. The minimum absolute atomic E-state index is 0.276. The van der Waals surface area contributed by atoms with Crippen molar-refractivity contribution in [2.75, 3.05) is 4.90 Å². The van der Waals surface area contributed by atoms with E-state index in [1.807, 2.05) is 36.4 Å². The van der Waals surface area contributed by atoms with Crippen LogP contribution >= 0.6 is 0 Å². The summed E-state index contributed by atoms with van der Waals surface area (Å²) in [6, 6.07) is 20.6. The lowest BCUT2D eigenvalue weighted by Crippen LogP contribution is -2.29. The van der Waals surface area contributed by atoms with E-state index in [0.717, 1.165) is 21.8 Å². The quantitative estimate of drug-likeness (QED) is 0.537. The molecule has 0 aliphatic carbocycles. The predicted octanol–water partition coefficient (Wildman–Crippen LogP) is 4.12. The second-order valence-corrected chi connectivity index (χ2v) is 5.86. The molecular formula is C20H12N2O2. The third-order valence-corrected chi connectivity index (χ3v) is 4.55. The second kappa shape index (κ2) is 4.55. The van der Waals surface area contributed by atoms with Gasteiger partial charge in [0.05, 0.1) is 22.3 Å². The van der Waals surface area contributed by atoms with Gasteiger partial charge in [0.1, 0.15) is 0 Å². The van der Waals surface area contributed by atoms with E-state index in [1.165, 1.54) is 4.90 Å². The number of hydrogen-bond acceptors (Lipinski definition) is 2. The Morgan fingerprint density at radius 2 is 1.29 bits per heavy atom. The molecule has 1 N–H and O–H groups in total. The SMILES string of the molecule is O=C1c2ccccc2C(=O)N1c1cccc2c1[nH]c1ccccc12. The Morgan fingerprint density at radius 3 is 2.04 bits per heavy atom. The van der Waals surface area contributed by atoms with E-state index in [9.17, 15) is 9.59 Å². The van der Waals surface area contributed by atoms with Crippen molar-refractivity contribution in [2.24, 2.45) is 0 Å². The van der Waals surface area contributed by atoms with Gasteiger partial charge in [-0.3, -0.25) is 9.59 Å². The number of nitrogens with one attached hydrogen (secondary N) is 1.